The molecule has 23 heavy (non-hydrogen) atoms. The normalized spacial score (nSPS) is 14.5. The van der Waals surface area contributed by atoms with Crippen LogP contribution in [0.4, 0.5) is 5.69 Å². The molecule has 0 atom stereocenters. The maximum Gasteiger partial charge on any atom is 0.266 e. The summed E-state index contributed by atoms with van der Waals surface area (Å²) in [4.78, 5) is 40.2. The molecular formula is C17H13BrN2O3. The SMILES string of the molecule is CN1CC(=O)N(C(=O)c2ccccc2Br)c2ccccc2C1=O. The van der Waals surface area contributed by atoms with Crippen molar-refractivity contribution >= 4 is 39.3 Å². The second kappa shape index (κ2) is 5.96. The first kappa shape index (κ1) is 15.4. The first-order valence-electron chi connectivity index (χ1n) is 6.97. The molecule has 1 aliphatic rings. The molecule has 0 aliphatic carbocycles. The first-order chi connectivity index (χ1) is 11.0. The van der Waals surface area contributed by atoms with Gasteiger partial charge in [0.25, 0.3) is 17.7 Å². The van der Waals surface area contributed by atoms with Crippen molar-refractivity contribution in [1.29, 1.82) is 0 Å². The molecule has 3 amide bonds. The number of para-hydroxylation sites is 1. The Morgan fingerprint density at radius 2 is 1.70 bits per heavy atom. The summed E-state index contributed by atoms with van der Waals surface area (Å²) in [6.45, 7) is -0.149. The molecule has 2 aromatic rings. The molecule has 0 radical (unpaired) electrons. The van der Waals surface area contributed by atoms with Crippen LogP contribution in [0, 0.1) is 0 Å². The topological polar surface area (TPSA) is 57.7 Å². The fourth-order valence-electron chi connectivity index (χ4n) is 2.51. The predicted octanol–water partition coefficient (Wildman–Crippen LogP) is 2.71. The minimum absolute atomic E-state index is 0.149. The lowest BCUT2D eigenvalue weighted by atomic mass is 10.1. The summed E-state index contributed by atoms with van der Waals surface area (Å²) >= 11 is 3.33. The molecular weight excluding hydrogens is 360 g/mol. The molecule has 0 aromatic heterocycles. The van der Waals surface area contributed by atoms with Crippen molar-refractivity contribution in [3.63, 3.8) is 0 Å². The van der Waals surface area contributed by atoms with Gasteiger partial charge in [-0.2, -0.15) is 0 Å². The highest BCUT2D eigenvalue weighted by Gasteiger charge is 2.34. The summed E-state index contributed by atoms with van der Waals surface area (Å²) in [5.41, 5.74) is 1.02. The molecule has 0 bridgehead atoms. The van der Waals surface area contributed by atoms with E-state index in [1.165, 1.54) is 4.90 Å². The highest BCUT2D eigenvalue weighted by molar-refractivity contribution is 9.10. The Morgan fingerprint density at radius 3 is 2.43 bits per heavy atom. The lowest BCUT2D eigenvalue weighted by molar-refractivity contribution is -0.118. The number of imide groups is 1. The Labute approximate surface area is 141 Å². The van der Waals surface area contributed by atoms with E-state index in [1.54, 1.807) is 55.6 Å². The van der Waals surface area contributed by atoms with Crippen molar-refractivity contribution in [3.05, 3.63) is 64.1 Å². The summed E-state index contributed by atoms with van der Waals surface area (Å²) in [5, 5.41) is 0. The van der Waals surface area contributed by atoms with Gasteiger partial charge in [0.1, 0.15) is 6.54 Å². The summed E-state index contributed by atoms with van der Waals surface area (Å²) in [6, 6.07) is 13.5. The fourth-order valence-corrected chi connectivity index (χ4v) is 2.97. The third kappa shape index (κ3) is 2.66. The van der Waals surface area contributed by atoms with E-state index < -0.39 is 11.8 Å². The average Bonchev–Trinajstić information content (AvgIpc) is 2.63. The molecule has 0 N–H and O–H groups in total. The van der Waals surface area contributed by atoms with Crippen LogP contribution >= 0.6 is 15.9 Å². The lowest BCUT2D eigenvalue weighted by Crippen LogP contribution is -2.41. The third-order valence-electron chi connectivity index (χ3n) is 3.65. The number of amides is 3. The largest absolute Gasteiger partial charge is 0.332 e. The van der Waals surface area contributed by atoms with Crippen LogP contribution in [0.15, 0.2) is 53.0 Å². The molecule has 0 spiro atoms. The van der Waals surface area contributed by atoms with Gasteiger partial charge < -0.3 is 4.90 Å². The summed E-state index contributed by atoms with van der Waals surface area (Å²) < 4.78 is 0.596. The van der Waals surface area contributed by atoms with Crippen LogP contribution in [0.2, 0.25) is 0 Å². The molecule has 6 heteroatoms. The first-order valence-corrected chi connectivity index (χ1v) is 7.76. The van der Waals surface area contributed by atoms with Crippen molar-refractivity contribution in [1.82, 2.24) is 4.90 Å². The van der Waals surface area contributed by atoms with Gasteiger partial charge in [0.05, 0.1) is 16.8 Å². The van der Waals surface area contributed by atoms with Crippen LogP contribution < -0.4 is 4.90 Å². The van der Waals surface area contributed by atoms with Crippen LogP contribution in [-0.4, -0.2) is 36.2 Å². The zero-order valence-electron chi connectivity index (χ0n) is 12.3. The van der Waals surface area contributed by atoms with E-state index in [4.69, 9.17) is 0 Å². The highest BCUT2D eigenvalue weighted by Crippen LogP contribution is 2.28. The Morgan fingerprint density at radius 1 is 1.04 bits per heavy atom. The Kier molecular flexibility index (Phi) is 4.00. The molecule has 116 valence electrons. The van der Waals surface area contributed by atoms with E-state index in [0.717, 1.165) is 4.90 Å². The molecule has 1 aliphatic heterocycles. The summed E-state index contributed by atoms with van der Waals surface area (Å²) in [5.74, 6) is -1.18. The summed E-state index contributed by atoms with van der Waals surface area (Å²) in [7, 11) is 1.55. The van der Waals surface area contributed by atoms with Gasteiger partial charge in [0, 0.05) is 11.5 Å². The van der Waals surface area contributed by atoms with Crippen LogP contribution in [0.1, 0.15) is 20.7 Å². The number of hydrogen-bond acceptors (Lipinski definition) is 3. The number of anilines is 1. The number of nitrogens with zero attached hydrogens (tertiary/aromatic N) is 2. The van der Waals surface area contributed by atoms with E-state index in [0.29, 0.717) is 21.3 Å². The second-order valence-corrected chi connectivity index (χ2v) is 6.05. The van der Waals surface area contributed by atoms with Crippen molar-refractivity contribution in [2.45, 2.75) is 0 Å². The van der Waals surface area contributed by atoms with Gasteiger partial charge in [-0.05, 0) is 40.2 Å². The minimum atomic E-state index is -0.460. The number of benzene rings is 2. The molecule has 0 unspecified atom stereocenters. The second-order valence-electron chi connectivity index (χ2n) is 5.19. The molecule has 3 rings (SSSR count). The number of carbonyl (C=O) groups is 3. The maximum atomic E-state index is 12.9. The average molecular weight is 373 g/mol. The molecule has 0 saturated carbocycles. The number of halogens is 1. The van der Waals surface area contributed by atoms with Crippen molar-refractivity contribution in [2.24, 2.45) is 0 Å². The van der Waals surface area contributed by atoms with Crippen molar-refractivity contribution in [2.75, 3.05) is 18.5 Å². The third-order valence-corrected chi connectivity index (χ3v) is 4.34. The van der Waals surface area contributed by atoms with Crippen LogP contribution in [0.3, 0.4) is 0 Å². The predicted molar refractivity (Wildman–Crippen MR) is 89.4 cm³/mol. The Balaban J connectivity index is 2.16. The molecule has 0 saturated heterocycles. The van der Waals surface area contributed by atoms with Gasteiger partial charge >= 0.3 is 0 Å². The van der Waals surface area contributed by atoms with E-state index in [-0.39, 0.29) is 12.5 Å². The number of hydrogen-bond donors (Lipinski definition) is 0. The van der Waals surface area contributed by atoms with Gasteiger partial charge in [0.15, 0.2) is 0 Å². The van der Waals surface area contributed by atoms with Gasteiger partial charge in [-0.3, -0.25) is 14.4 Å². The quantitative estimate of drug-likeness (QED) is 0.723. The lowest BCUT2D eigenvalue weighted by Gasteiger charge is -2.21. The Hall–Kier alpha value is -2.47. The van der Waals surface area contributed by atoms with Crippen LogP contribution in [-0.2, 0) is 4.79 Å². The molecule has 5 nitrogen and oxygen atoms in total. The number of fused-ring (bicyclic) bond motifs is 1. The molecule has 0 fully saturated rings. The highest BCUT2D eigenvalue weighted by atomic mass is 79.9. The van der Waals surface area contributed by atoms with Gasteiger partial charge in [-0.15, -0.1) is 0 Å². The zero-order valence-corrected chi connectivity index (χ0v) is 13.9. The number of rotatable bonds is 1. The van der Waals surface area contributed by atoms with Gasteiger partial charge in [-0.25, -0.2) is 4.90 Å². The standard InChI is InChI=1S/C17H13BrN2O3/c1-19-10-15(21)20(14-9-5-3-7-12(14)16(19)22)17(23)11-6-2-4-8-13(11)18/h2-9H,10H2,1H3. The maximum absolute atomic E-state index is 12.9. The zero-order chi connectivity index (χ0) is 16.6. The van der Waals surface area contributed by atoms with E-state index in [2.05, 4.69) is 15.9 Å². The van der Waals surface area contributed by atoms with Crippen molar-refractivity contribution in [3.8, 4) is 0 Å². The molecule has 2 aromatic carbocycles. The summed E-state index contributed by atoms with van der Waals surface area (Å²) in [6.07, 6.45) is 0. The van der Waals surface area contributed by atoms with Gasteiger partial charge in [0.2, 0.25) is 0 Å². The monoisotopic (exact) mass is 372 g/mol. The fraction of sp³-hybridized carbons (Fsp3) is 0.118. The van der Waals surface area contributed by atoms with Gasteiger partial charge in [-0.1, -0.05) is 24.3 Å². The van der Waals surface area contributed by atoms with Crippen LogP contribution in [0.25, 0.3) is 0 Å². The van der Waals surface area contributed by atoms with Crippen LogP contribution in [0.5, 0.6) is 0 Å². The van der Waals surface area contributed by atoms with E-state index >= 15 is 0 Å². The van der Waals surface area contributed by atoms with Crippen molar-refractivity contribution < 1.29 is 14.4 Å². The van der Waals surface area contributed by atoms with E-state index in [9.17, 15) is 14.4 Å². The number of carbonyl (C=O) groups excluding carboxylic acids is 3. The number of likely N-dealkylation sites (N-methyl/N-ethyl adjacent to an activating group) is 1. The molecule has 1 heterocycles. The minimum Gasteiger partial charge on any atom is -0.332 e. The van der Waals surface area contributed by atoms with E-state index in [1.807, 2.05) is 0 Å². The Bertz CT molecular complexity index is 819. The smallest absolute Gasteiger partial charge is 0.266 e.